The van der Waals surface area contributed by atoms with Crippen molar-refractivity contribution in [3.63, 3.8) is 0 Å². The first-order valence-electron chi connectivity index (χ1n) is 12.1. The van der Waals surface area contributed by atoms with Gasteiger partial charge in [-0.2, -0.15) is 5.26 Å². The van der Waals surface area contributed by atoms with E-state index in [0.29, 0.717) is 12.1 Å². The van der Waals surface area contributed by atoms with Crippen LogP contribution in [0.5, 0.6) is 0 Å². The van der Waals surface area contributed by atoms with Crippen molar-refractivity contribution in [3.05, 3.63) is 30.3 Å². The summed E-state index contributed by atoms with van der Waals surface area (Å²) in [6.45, 7) is 3.60. The lowest BCUT2D eigenvalue weighted by Crippen LogP contribution is -2.51. The van der Waals surface area contributed by atoms with E-state index in [0.717, 1.165) is 19.3 Å². The lowest BCUT2D eigenvalue weighted by Gasteiger charge is -2.27. The first kappa shape index (κ1) is 26.0. The van der Waals surface area contributed by atoms with E-state index in [9.17, 15) is 24.4 Å². The van der Waals surface area contributed by atoms with Crippen LogP contribution in [0.2, 0.25) is 0 Å². The summed E-state index contributed by atoms with van der Waals surface area (Å²) < 4.78 is 5.28. The summed E-state index contributed by atoms with van der Waals surface area (Å²) in [4.78, 5) is 51.7. The van der Waals surface area contributed by atoms with Crippen LogP contribution in [-0.2, 0) is 19.1 Å². The van der Waals surface area contributed by atoms with Crippen LogP contribution < -0.4 is 16.0 Å². The molecule has 1 aromatic rings. The third kappa shape index (κ3) is 7.44. The third-order valence-corrected chi connectivity index (χ3v) is 6.24. The van der Waals surface area contributed by atoms with Gasteiger partial charge in [0.2, 0.25) is 17.7 Å². The Hall–Kier alpha value is -3.61. The number of carbonyl (C=O) groups excluding carboxylic acids is 4. The fourth-order valence-corrected chi connectivity index (χ4v) is 4.10. The van der Waals surface area contributed by atoms with Crippen molar-refractivity contribution in [2.45, 2.75) is 64.1 Å². The molecule has 3 N–H and O–H groups in total. The zero-order chi connectivity index (χ0) is 25.4. The van der Waals surface area contributed by atoms with Crippen LogP contribution in [-0.4, -0.2) is 60.0 Å². The highest BCUT2D eigenvalue weighted by molar-refractivity contribution is 5.94. The van der Waals surface area contributed by atoms with Crippen LogP contribution in [0, 0.1) is 23.2 Å². The van der Waals surface area contributed by atoms with Gasteiger partial charge in [-0.05, 0) is 50.2 Å². The first-order chi connectivity index (χ1) is 16.8. The highest BCUT2D eigenvalue weighted by Gasteiger charge is 2.39. The number of nitrogens with one attached hydrogen (secondary N) is 3. The van der Waals surface area contributed by atoms with E-state index in [2.05, 4.69) is 22.0 Å². The summed E-state index contributed by atoms with van der Waals surface area (Å²) in [5, 5.41) is 17.5. The summed E-state index contributed by atoms with van der Waals surface area (Å²) in [7, 11) is 0. The van der Waals surface area contributed by atoms with Gasteiger partial charge >= 0.3 is 6.09 Å². The number of hydrogen-bond donors (Lipinski definition) is 3. The molecule has 3 atom stereocenters. The van der Waals surface area contributed by atoms with Crippen LogP contribution in [0.1, 0.15) is 46.0 Å². The summed E-state index contributed by atoms with van der Waals surface area (Å²) in [5.41, 5.74) is 0.641. The number of para-hydroxylation sites is 1. The minimum atomic E-state index is -0.842. The molecule has 0 spiro atoms. The maximum absolute atomic E-state index is 12.8. The number of alkyl carbamates (subject to hydrolysis) is 1. The van der Waals surface area contributed by atoms with E-state index < -0.39 is 35.9 Å². The van der Waals surface area contributed by atoms with Crippen molar-refractivity contribution in [2.24, 2.45) is 11.8 Å². The van der Waals surface area contributed by atoms with Gasteiger partial charge in [0.25, 0.3) is 0 Å². The fraction of sp³-hybridized carbons (Fsp3) is 0.560. The summed E-state index contributed by atoms with van der Waals surface area (Å²) in [6, 6.07) is 9.44. The van der Waals surface area contributed by atoms with Gasteiger partial charge in [-0.25, -0.2) is 4.79 Å². The Morgan fingerprint density at radius 1 is 1.17 bits per heavy atom. The predicted molar refractivity (Wildman–Crippen MR) is 128 cm³/mol. The van der Waals surface area contributed by atoms with E-state index in [1.807, 2.05) is 19.9 Å². The van der Waals surface area contributed by atoms with Crippen LogP contribution >= 0.6 is 0 Å². The van der Waals surface area contributed by atoms with Crippen LogP contribution in [0.3, 0.4) is 0 Å². The van der Waals surface area contributed by atoms with Gasteiger partial charge in [-0.15, -0.1) is 0 Å². The van der Waals surface area contributed by atoms with Gasteiger partial charge < -0.3 is 25.6 Å². The standard InChI is InChI=1S/C25H33N5O5/c1-16(2)11-21(29-25(34)35-20-9-6-10-20)24(33)27-14-22(31)30-15-17(12-19(30)13-26)23(32)28-18-7-4-3-5-8-18/h3-5,7-8,16-17,19-21H,6,9-12,14-15H2,1-2H3,(H,27,33)(H,28,32)(H,29,34). The number of nitrogens with zero attached hydrogens (tertiary/aromatic N) is 2. The zero-order valence-electron chi connectivity index (χ0n) is 20.2. The van der Waals surface area contributed by atoms with Crippen LogP contribution in [0.15, 0.2) is 30.3 Å². The van der Waals surface area contributed by atoms with Crippen LogP contribution in [0.25, 0.3) is 0 Å². The second-order valence-electron chi connectivity index (χ2n) is 9.48. The largest absolute Gasteiger partial charge is 0.446 e. The van der Waals surface area contributed by atoms with E-state index in [-0.39, 0.29) is 37.4 Å². The molecular weight excluding hydrogens is 450 g/mol. The molecule has 0 radical (unpaired) electrons. The number of carbonyl (C=O) groups is 4. The van der Waals surface area contributed by atoms with E-state index in [1.165, 1.54) is 4.90 Å². The number of rotatable bonds is 9. The third-order valence-electron chi connectivity index (χ3n) is 6.24. The van der Waals surface area contributed by atoms with E-state index >= 15 is 0 Å². The lowest BCUT2D eigenvalue weighted by atomic mass is 9.96. The minimum absolute atomic E-state index is 0.0903. The Morgan fingerprint density at radius 2 is 1.89 bits per heavy atom. The molecule has 1 aliphatic carbocycles. The molecule has 1 saturated heterocycles. The number of hydrogen-bond acceptors (Lipinski definition) is 6. The zero-order valence-corrected chi connectivity index (χ0v) is 20.2. The Bertz CT molecular complexity index is 957. The first-order valence-corrected chi connectivity index (χ1v) is 12.1. The summed E-state index contributed by atoms with van der Waals surface area (Å²) in [6.07, 6.45) is 2.52. The Labute approximate surface area is 205 Å². The van der Waals surface area contributed by atoms with Gasteiger partial charge in [0.15, 0.2) is 0 Å². The molecule has 2 fully saturated rings. The van der Waals surface area contributed by atoms with Crippen molar-refractivity contribution in [2.75, 3.05) is 18.4 Å². The highest BCUT2D eigenvalue weighted by atomic mass is 16.6. The molecule has 1 aliphatic heterocycles. The molecule has 1 heterocycles. The maximum atomic E-state index is 12.8. The van der Waals surface area contributed by atoms with Gasteiger partial charge in [0.05, 0.1) is 18.5 Å². The van der Waals surface area contributed by atoms with Gasteiger partial charge in [-0.3, -0.25) is 14.4 Å². The van der Waals surface area contributed by atoms with E-state index in [4.69, 9.17) is 4.74 Å². The molecule has 2 aliphatic rings. The predicted octanol–water partition coefficient (Wildman–Crippen LogP) is 2.18. The number of likely N-dealkylation sites (tertiary alicyclic amines) is 1. The Kier molecular flexibility index (Phi) is 9.06. The summed E-state index contributed by atoms with van der Waals surface area (Å²) in [5.74, 6) is -1.63. The van der Waals surface area contributed by atoms with Gasteiger partial charge in [0, 0.05) is 12.2 Å². The molecule has 1 aromatic carbocycles. The van der Waals surface area contributed by atoms with Crippen molar-refractivity contribution < 1.29 is 23.9 Å². The SMILES string of the molecule is CC(C)CC(NC(=O)OC1CCC1)C(=O)NCC(=O)N1CC(C(=O)Nc2ccccc2)CC1C#N. The minimum Gasteiger partial charge on any atom is -0.446 e. The fourth-order valence-electron chi connectivity index (χ4n) is 4.10. The van der Waals surface area contributed by atoms with Crippen molar-refractivity contribution in [1.82, 2.24) is 15.5 Å². The number of nitriles is 1. The van der Waals surface area contributed by atoms with Crippen molar-refractivity contribution >= 4 is 29.5 Å². The number of ether oxygens (including phenoxy) is 1. The molecule has 188 valence electrons. The molecule has 1 saturated carbocycles. The van der Waals surface area contributed by atoms with Crippen molar-refractivity contribution in [3.8, 4) is 6.07 Å². The topological polar surface area (TPSA) is 141 Å². The second-order valence-corrected chi connectivity index (χ2v) is 9.48. The Balaban J connectivity index is 1.52. The molecule has 10 nitrogen and oxygen atoms in total. The highest BCUT2D eigenvalue weighted by Crippen LogP contribution is 2.25. The average molecular weight is 484 g/mol. The smallest absolute Gasteiger partial charge is 0.408 e. The monoisotopic (exact) mass is 483 g/mol. The van der Waals surface area contributed by atoms with Gasteiger partial charge in [-0.1, -0.05) is 32.0 Å². The molecule has 4 amide bonds. The second kappa shape index (κ2) is 12.2. The molecule has 35 heavy (non-hydrogen) atoms. The average Bonchev–Trinajstić information content (AvgIpc) is 3.24. The molecule has 0 bridgehead atoms. The van der Waals surface area contributed by atoms with Crippen molar-refractivity contribution in [1.29, 1.82) is 5.26 Å². The quantitative estimate of drug-likeness (QED) is 0.492. The molecule has 3 rings (SSSR count). The molecule has 0 aromatic heterocycles. The van der Waals surface area contributed by atoms with Crippen LogP contribution in [0.4, 0.5) is 10.5 Å². The molecular formula is C25H33N5O5. The normalized spacial score (nSPS) is 20.3. The molecule has 10 heteroatoms. The molecule has 3 unspecified atom stereocenters. The number of benzene rings is 1. The Morgan fingerprint density at radius 3 is 2.49 bits per heavy atom. The maximum Gasteiger partial charge on any atom is 0.408 e. The number of amides is 4. The van der Waals surface area contributed by atoms with Gasteiger partial charge in [0.1, 0.15) is 18.2 Å². The summed E-state index contributed by atoms with van der Waals surface area (Å²) >= 11 is 0. The number of anilines is 1. The van der Waals surface area contributed by atoms with E-state index in [1.54, 1.807) is 24.3 Å². The lowest BCUT2D eigenvalue weighted by molar-refractivity contribution is -0.133.